The van der Waals surface area contributed by atoms with Crippen molar-refractivity contribution in [2.45, 2.75) is 31.7 Å². The molecule has 2 aromatic carbocycles. The monoisotopic (exact) mass is 465 g/mol. The Hall–Kier alpha value is -3.12. The number of hydrogen-bond acceptors (Lipinski definition) is 4. The van der Waals surface area contributed by atoms with Gasteiger partial charge in [-0.15, -0.1) is 0 Å². The number of amides is 1. The van der Waals surface area contributed by atoms with Crippen LogP contribution >= 0.6 is 11.6 Å². The van der Waals surface area contributed by atoms with Crippen LogP contribution in [0.2, 0.25) is 5.02 Å². The third-order valence-corrected chi connectivity index (χ3v) is 6.84. The van der Waals surface area contributed by atoms with E-state index in [9.17, 15) is 4.79 Å². The van der Waals surface area contributed by atoms with Gasteiger partial charge >= 0.3 is 0 Å². The van der Waals surface area contributed by atoms with Gasteiger partial charge in [0.25, 0.3) is 5.91 Å². The van der Waals surface area contributed by atoms with Crippen LogP contribution in [0.3, 0.4) is 0 Å². The van der Waals surface area contributed by atoms with Crippen LogP contribution in [0.15, 0.2) is 54.7 Å². The molecule has 1 fully saturated rings. The molecule has 2 aliphatic rings. The molecule has 0 aliphatic carbocycles. The highest BCUT2D eigenvalue weighted by Gasteiger charge is 2.42. The van der Waals surface area contributed by atoms with Gasteiger partial charge in [-0.3, -0.25) is 4.79 Å². The summed E-state index contributed by atoms with van der Waals surface area (Å²) in [6.45, 7) is 3.99. The molecule has 0 unspecified atom stereocenters. The quantitative estimate of drug-likeness (QED) is 0.541. The lowest BCUT2D eigenvalue weighted by Crippen LogP contribution is -2.51. The first-order valence-electron chi connectivity index (χ1n) is 11.4. The van der Waals surface area contributed by atoms with E-state index in [2.05, 4.69) is 35.1 Å². The number of carbonyl (C=O) groups is 1. The maximum atomic E-state index is 13.3. The molecule has 1 amide bonds. The van der Waals surface area contributed by atoms with Gasteiger partial charge in [-0.05, 0) is 67.8 Å². The van der Waals surface area contributed by atoms with E-state index in [1.165, 1.54) is 5.69 Å². The van der Waals surface area contributed by atoms with E-state index in [4.69, 9.17) is 21.1 Å². The van der Waals surface area contributed by atoms with Crippen LogP contribution in [0.4, 0.5) is 5.69 Å². The number of rotatable bonds is 5. The Kier molecular flexibility index (Phi) is 5.71. The SMILES string of the molecule is CCCOc1ccc(C(=O)N2CCC3(CC2)Nc2ccc(Cl)cc2-n2cccc23)cc1OC. The standard InChI is InChI=1S/C26H28ClN3O3/c1-3-15-33-22-9-6-18(16-23(22)32-2)25(31)29-13-10-26(11-14-29)24-5-4-12-30(24)21-17-19(27)7-8-20(21)28-26/h4-9,12,16-17,28H,3,10-11,13-15H2,1-2H3. The molecule has 2 aliphatic heterocycles. The summed E-state index contributed by atoms with van der Waals surface area (Å²) in [7, 11) is 1.60. The summed E-state index contributed by atoms with van der Waals surface area (Å²) in [5.74, 6) is 1.27. The van der Waals surface area contributed by atoms with Gasteiger partial charge in [0, 0.05) is 35.6 Å². The number of methoxy groups -OCH3 is 1. The van der Waals surface area contributed by atoms with Gasteiger partial charge in [-0.2, -0.15) is 0 Å². The van der Waals surface area contributed by atoms with Crippen molar-refractivity contribution in [3.63, 3.8) is 0 Å². The first-order chi connectivity index (χ1) is 16.0. The van der Waals surface area contributed by atoms with Gasteiger partial charge in [0.2, 0.25) is 0 Å². The zero-order valence-corrected chi connectivity index (χ0v) is 19.7. The summed E-state index contributed by atoms with van der Waals surface area (Å²) in [6.07, 6.45) is 4.63. The summed E-state index contributed by atoms with van der Waals surface area (Å²) < 4.78 is 13.4. The second-order valence-electron chi connectivity index (χ2n) is 8.64. The number of piperidine rings is 1. The lowest BCUT2D eigenvalue weighted by atomic mass is 9.82. The smallest absolute Gasteiger partial charge is 0.253 e. The molecule has 1 aromatic heterocycles. The van der Waals surface area contributed by atoms with Crippen LogP contribution < -0.4 is 14.8 Å². The van der Waals surface area contributed by atoms with Crippen LogP contribution in [-0.2, 0) is 5.54 Å². The number of benzene rings is 2. The van der Waals surface area contributed by atoms with E-state index in [1.807, 2.05) is 35.2 Å². The molecule has 6 nitrogen and oxygen atoms in total. The third kappa shape index (κ3) is 3.82. The van der Waals surface area contributed by atoms with Crippen LogP contribution in [0.5, 0.6) is 11.5 Å². The maximum absolute atomic E-state index is 13.3. The second-order valence-corrected chi connectivity index (χ2v) is 9.07. The summed E-state index contributed by atoms with van der Waals surface area (Å²) in [6, 6.07) is 15.6. The van der Waals surface area contributed by atoms with Crippen molar-refractivity contribution in [2.24, 2.45) is 0 Å². The summed E-state index contributed by atoms with van der Waals surface area (Å²) in [4.78, 5) is 15.2. The van der Waals surface area contributed by atoms with E-state index in [1.54, 1.807) is 13.2 Å². The number of carbonyl (C=O) groups excluding carboxylic acids is 1. The fraction of sp³-hybridized carbons (Fsp3) is 0.346. The van der Waals surface area contributed by atoms with E-state index < -0.39 is 0 Å². The van der Waals surface area contributed by atoms with Gasteiger partial charge in [0.1, 0.15) is 0 Å². The molecule has 1 saturated heterocycles. The number of nitrogens with zero attached hydrogens (tertiary/aromatic N) is 2. The molecular weight excluding hydrogens is 438 g/mol. The topological polar surface area (TPSA) is 55.7 Å². The summed E-state index contributed by atoms with van der Waals surface area (Å²) >= 11 is 6.25. The molecule has 3 heterocycles. The van der Waals surface area contributed by atoms with Gasteiger partial charge < -0.3 is 24.3 Å². The molecule has 0 radical (unpaired) electrons. The maximum Gasteiger partial charge on any atom is 0.253 e. The number of hydrogen-bond donors (Lipinski definition) is 1. The zero-order valence-electron chi connectivity index (χ0n) is 18.9. The van der Waals surface area contributed by atoms with Gasteiger partial charge in [0.05, 0.1) is 30.6 Å². The Labute approximate surface area is 199 Å². The second kappa shape index (κ2) is 8.67. The molecule has 33 heavy (non-hydrogen) atoms. The molecule has 1 spiro atoms. The van der Waals surface area contributed by atoms with Crippen molar-refractivity contribution in [1.82, 2.24) is 9.47 Å². The minimum Gasteiger partial charge on any atom is -0.493 e. The Bertz CT molecular complexity index is 1180. The van der Waals surface area contributed by atoms with Crippen LogP contribution in [0, 0.1) is 0 Å². The highest BCUT2D eigenvalue weighted by molar-refractivity contribution is 6.30. The van der Waals surface area contributed by atoms with Gasteiger partial charge in [-0.1, -0.05) is 18.5 Å². The molecule has 1 N–H and O–H groups in total. The van der Waals surface area contributed by atoms with Crippen molar-refractivity contribution in [3.05, 3.63) is 71.0 Å². The fourth-order valence-electron chi connectivity index (χ4n) is 4.90. The summed E-state index contributed by atoms with van der Waals surface area (Å²) in [5.41, 5.74) is 3.74. The Morgan fingerprint density at radius 2 is 1.94 bits per heavy atom. The Morgan fingerprint density at radius 1 is 1.12 bits per heavy atom. The third-order valence-electron chi connectivity index (χ3n) is 6.61. The average Bonchev–Trinajstić information content (AvgIpc) is 3.35. The minimum atomic E-state index is -0.212. The fourth-order valence-corrected chi connectivity index (χ4v) is 5.07. The van der Waals surface area contributed by atoms with E-state index in [-0.39, 0.29) is 11.4 Å². The van der Waals surface area contributed by atoms with Crippen molar-refractivity contribution in [3.8, 4) is 17.2 Å². The molecule has 0 saturated carbocycles. The van der Waals surface area contributed by atoms with Crippen molar-refractivity contribution >= 4 is 23.2 Å². The van der Waals surface area contributed by atoms with Crippen LogP contribution in [0.1, 0.15) is 42.2 Å². The first-order valence-corrected chi connectivity index (χ1v) is 11.8. The highest BCUT2D eigenvalue weighted by Crippen LogP contribution is 2.44. The lowest BCUT2D eigenvalue weighted by Gasteiger charge is -2.46. The molecule has 5 rings (SSSR count). The highest BCUT2D eigenvalue weighted by atomic mass is 35.5. The Morgan fingerprint density at radius 3 is 2.70 bits per heavy atom. The number of ether oxygens (including phenoxy) is 2. The van der Waals surface area contributed by atoms with Crippen molar-refractivity contribution in [1.29, 1.82) is 0 Å². The zero-order chi connectivity index (χ0) is 23.0. The van der Waals surface area contributed by atoms with Crippen LogP contribution in [0.25, 0.3) is 5.69 Å². The molecule has 3 aromatic rings. The molecule has 172 valence electrons. The van der Waals surface area contributed by atoms with Crippen molar-refractivity contribution < 1.29 is 14.3 Å². The predicted molar refractivity (Wildman–Crippen MR) is 130 cm³/mol. The van der Waals surface area contributed by atoms with Gasteiger partial charge in [0.15, 0.2) is 11.5 Å². The summed E-state index contributed by atoms with van der Waals surface area (Å²) in [5, 5.41) is 4.49. The van der Waals surface area contributed by atoms with E-state index in [0.717, 1.165) is 30.6 Å². The number of nitrogens with one attached hydrogen (secondary N) is 1. The van der Waals surface area contributed by atoms with Gasteiger partial charge in [-0.25, -0.2) is 0 Å². The molecule has 0 bridgehead atoms. The first kappa shape index (κ1) is 21.7. The lowest BCUT2D eigenvalue weighted by molar-refractivity contribution is 0.0676. The molecule has 7 heteroatoms. The van der Waals surface area contributed by atoms with Crippen LogP contribution in [-0.4, -0.2) is 42.2 Å². The number of halogens is 1. The predicted octanol–water partition coefficient (Wildman–Crippen LogP) is 5.49. The number of anilines is 1. The number of likely N-dealkylation sites (tertiary alicyclic amines) is 1. The number of aromatic nitrogens is 1. The molecular formula is C26H28ClN3O3. The van der Waals surface area contributed by atoms with E-state index in [0.29, 0.717) is 41.8 Å². The Balaban J connectivity index is 1.34. The molecule has 0 atom stereocenters. The minimum absolute atomic E-state index is 0.0172. The number of fused-ring (bicyclic) bond motifs is 4. The average molecular weight is 466 g/mol. The van der Waals surface area contributed by atoms with E-state index >= 15 is 0 Å². The largest absolute Gasteiger partial charge is 0.493 e. The normalized spacial score (nSPS) is 16.0. The van der Waals surface area contributed by atoms with Crippen molar-refractivity contribution in [2.75, 3.05) is 32.1 Å².